The lowest BCUT2D eigenvalue weighted by Gasteiger charge is -2.41. The monoisotopic (exact) mass is 252 g/mol. The standard InChI is InChI=1S/C16H32N2/c1-13-8-7-9-14(2)15(13)17-12-16(18(3)4)10-5-6-11-16/h13-15,17H,5-12H2,1-4H3. The summed E-state index contributed by atoms with van der Waals surface area (Å²) in [5.74, 6) is 1.71. The fraction of sp³-hybridized carbons (Fsp3) is 1.00. The summed E-state index contributed by atoms with van der Waals surface area (Å²) in [6.45, 7) is 6.06. The molecule has 18 heavy (non-hydrogen) atoms. The lowest BCUT2D eigenvalue weighted by Crippen LogP contribution is -2.54. The first-order valence-corrected chi connectivity index (χ1v) is 7.96. The number of nitrogens with zero attached hydrogens (tertiary/aromatic N) is 1. The van der Waals surface area contributed by atoms with Crippen LogP contribution < -0.4 is 5.32 Å². The lowest BCUT2D eigenvalue weighted by molar-refractivity contribution is 0.125. The van der Waals surface area contributed by atoms with Crippen LogP contribution in [-0.2, 0) is 0 Å². The van der Waals surface area contributed by atoms with E-state index in [1.807, 2.05) is 0 Å². The van der Waals surface area contributed by atoms with Gasteiger partial charge in [-0.25, -0.2) is 0 Å². The third-order valence-electron chi connectivity index (χ3n) is 5.69. The van der Waals surface area contributed by atoms with Crippen LogP contribution in [0.4, 0.5) is 0 Å². The Morgan fingerprint density at radius 1 is 1.00 bits per heavy atom. The molecule has 0 bridgehead atoms. The van der Waals surface area contributed by atoms with Gasteiger partial charge in [-0.2, -0.15) is 0 Å². The number of rotatable bonds is 4. The Hall–Kier alpha value is -0.0800. The van der Waals surface area contributed by atoms with Gasteiger partial charge in [-0.05, 0) is 51.6 Å². The van der Waals surface area contributed by atoms with E-state index in [-0.39, 0.29) is 0 Å². The van der Waals surface area contributed by atoms with Gasteiger partial charge in [-0.1, -0.05) is 33.1 Å². The van der Waals surface area contributed by atoms with E-state index in [2.05, 4.69) is 38.2 Å². The molecule has 0 saturated heterocycles. The Morgan fingerprint density at radius 2 is 1.56 bits per heavy atom. The highest BCUT2D eigenvalue weighted by atomic mass is 15.2. The summed E-state index contributed by atoms with van der Waals surface area (Å²) in [5.41, 5.74) is 0.441. The quantitative estimate of drug-likeness (QED) is 0.826. The van der Waals surface area contributed by atoms with Gasteiger partial charge in [0, 0.05) is 18.1 Å². The zero-order valence-corrected chi connectivity index (χ0v) is 12.8. The average molecular weight is 252 g/mol. The summed E-state index contributed by atoms with van der Waals surface area (Å²) in [4.78, 5) is 2.48. The van der Waals surface area contributed by atoms with E-state index in [1.54, 1.807) is 0 Å². The van der Waals surface area contributed by atoms with Crippen molar-refractivity contribution < 1.29 is 0 Å². The van der Waals surface area contributed by atoms with Gasteiger partial charge in [0.2, 0.25) is 0 Å². The zero-order valence-electron chi connectivity index (χ0n) is 12.8. The first kappa shape index (κ1) is 14.3. The molecular weight excluding hydrogens is 220 g/mol. The predicted octanol–water partition coefficient (Wildman–Crippen LogP) is 3.28. The van der Waals surface area contributed by atoms with Crippen LogP contribution in [0.2, 0.25) is 0 Å². The topological polar surface area (TPSA) is 15.3 Å². The van der Waals surface area contributed by atoms with Crippen molar-refractivity contribution in [2.24, 2.45) is 11.8 Å². The van der Waals surface area contributed by atoms with Crippen LogP contribution in [0.25, 0.3) is 0 Å². The Labute approximate surface area is 114 Å². The van der Waals surface area contributed by atoms with E-state index >= 15 is 0 Å². The summed E-state index contributed by atoms with van der Waals surface area (Å²) >= 11 is 0. The maximum Gasteiger partial charge on any atom is 0.0327 e. The zero-order chi connectivity index (χ0) is 13.2. The van der Waals surface area contributed by atoms with Gasteiger partial charge in [0.05, 0.1) is 0 Å². The van der Waals surface area contributed by atoms with Crippen LogP contribution in [0.1, 0.15) is 58.8 Å². The van der Waals surface area contributed by atoms with Gasteiger partial charge >= 0.3 is 0 Å². The van der Waals surface area contributed by atoms with E-state index in [1.165, 1.54) is 51.5 Å². The fourth-order valence-corrected chi connectivity index (χ4v) is 4.21. The van der Waals surface area contributed by atoms with Crippen molar-refractivity contribution >= 4 is 0 Å². The molecular formula is C16H32N2. The van der Waals surface area contributed by atoms with Gasteiger partial charge < -0.3 is 10.2 Å². The second-order valence-electron chi connectivity index (χ2n) is 7.12. The maximum absolute atomic E-state index is 3.94. The van der Waals surface area contributed by atoms with Crippen molar-refractivity contribution in [3.8, 4) is 0 Å². The molecule has 2 fully saturated rings. The first-order valence-electron chi connectivity index (χ1n) is 7.96. The molecule has 0 radical (unpaired) electrons. The minimum absolute atomic E-state index is 0.441. The Morgan fingerprint density at radius 3 is 2.06 bits per heavy atom. The molecule has 0 spiro atoms. The fourth-order valence-electron chi connectivity index (χ4n) is 4.21. The predicted molar refractivity (Wildman–Crippen MR) is 78.9 cm³/mol. The molecule has 0 aromatic heterocycles. The second-order valence-corrected chi connectivity index (χ2v) is 7.12. The first-order chi connectivity index (χ1) is 8.55. The van der Waals surface area contributed by atoms with Crippen molar-refractivity contribution in [1.29, 1.82) is 0 Å². The molecule has 1 N–H and O–H groups in total. The van der Waals surface area contributed by atoms with Gasteiger partial charge in [0.25, 0.3) is 0 Å². The third kappa shape index (κ3) is 2.91. The van der Waals surface area contributed by atoms with Crippen LogP contribution >= 0.6 is 0 Å². The van der Waals surface area contributed by atoms with Gasteiger partial charge in [-0.3, -0.25) is 0 Å². The molecule has 0 amide bonds. The molecule has 2 nitrogen and oxygen atoms in total. The molecule has 2 aliphatic carbocycles. The molecule has 2 saturated carbocycles. The normalized spacial score (nSPS) is 36.2. The van der Waals surface area contributed by atoms with Crippen LogP contribution in [0.5, 0.6) is 0 Å². The van der Waals surface area contributed by atoms with E-state index in [0.717, 1.165) is 17.9 Å². The number of hydrogen-bond acceptors (Lipinski definition) is 2. The van der Waals surface area contributed by atoms with Crippen LogP contribution in [0.3, 0.4) is 0 Å². The Kier molecular flexibility index (Phi) is 4.71. The van der Waals surface area contributed by atoms with Gasteiger partial charge in [0.1, 0.15) is 0 Å². The number of hydrogen-bond donors (Lipinski definition) is 1. The molecule has 2 rings (SSSR count). The van der Waals surface area contributed by atoms with Gasteiger partial charge in [-0.15, -0.1) is 0 Å². The van der Waals surface area contributed by atoms with Crippen molar-refractivity contribution in [1.82, 2.24) is 10.2 Å². The highest BCUT2D eigenvalue weighted by molar-refractivity contribution is 4.96. The SMILES string of the molecule is CC1CCCC(C)C1NCC1(N(C)C)CCCC1. The van der Waals surface area contributed by atoms with Crippen LogP contribution in [0.15, 0.2) is 0 Å². The summed E-state index contributed by atoms with van der Waals surface area (Å²) < 4.78 is 0. The second kappa shape index (κ2) is 5.92. The molecule has 0 aromatic rings. The maximum atomic E-state index is 3.94. The van der Waals surface area contributed by atoms with E-state index in [9.17, 15) is 0 Å². The molecule has 2 heteroatoms. The van der Waals surface area contributed by atoms with E-state index in [0.29, 0.717) is 5.54 Å². The van der Waals surface area contributed by atoms with Crippen molar-refractivity contribution in [3.63, 3.8) is 0 Å². The van der Waals surface area contributed by atoms with Gasteiger partial charge in [0.15, 0.2) is 0 Å². The minimum atomic E-state index is 0.441. The Balaban J connectivity index is 1.92. The smallest absolute Gasteiger partial charge is 0.0327 e. The summed E-state index contributed by atoms with van der Waals surface area (Å²) in [7, 11) is 4.53. The summed E-state index contributed by atoms with van der Waals surface area (Å²) in [6, 6.07) is 0.746. The van der Waals surface area contributed by atoms with Crippen molar-refractivity contribution in [2.75, 3.05) is 20.6 Å². The highest BCUT2D eigenvalue weighted by Gasteiger charge is 2.37. The lowest BCUT2D eigenvalue weighted by atomic mass is 9.78. The van der Waals surface area contributed by atoms with Crippen LogP contribution in [0, 0.1) is 11.8 Å². The molecule has 2 unspecified atom stereocenters. The van der Waals surface area contributed by atoms with E-state index in [4.69, 9.17) is 0 Å². The molecule has 2 aliphatic rings. The third-order valence-corrected chi connectivity index (χ3v) is 5.69. The van der Waals surface area contributed by atoms with Crippen molar-refractivity contribution in [3.05, 3.63) is 0 Å². The van der Waals surface area contributed by atoms with Crippen molar-refractivity contribution in [2.45, 2.75) is 70.4 Å². The van der Waals surface area contributed by atoms with Crippen LogP contribution in [-0.4, -0.2) is 37.1 Å². The molecule has 0 aliphatic heterocycles. The average Bonchev–Trinajstić information content (AvgIpc) is 2.78. The largest absolute Gasteiger partial charge is 0.312 e. The molecule has 0 aromatic carbocycles. The molecule has 106 valence electrons. The molecule has 2 atom stereocenters. The number of likely N-dealkylation sites (N-methyl/N-ethyl adjacent to an activating group) is 1. The minimum Gasteiger partial charge on any atom is -0.312 e. The Bertz CT molecular complexity index is 246. The highest BCUT2D eigenvalue weighted by Crippen LogP contribution is 2.35. The van der Waals surface area contributed by atoms with E-state index < -0.39 is 0 Å². The summed E-state index contributed by atoms with van der Waals surface area (Å²) in [6.07, 6.45) is 9.84. The summed E-state index contributed by atoms with van der Waals surface area (Å²) in [5, 5.41) is 3.94. The molecule has 0 heterocycles. The number of nitrogens with one attached hydrogen (secondary N) is 1.